The quantitative estimate of drug-likeness (QED) is 0.200. The molecule has 210 valence electrons. The summed E-state index contributed by atoms with van der Waals surface area (Å²) in [6.07, 6.45) is 0. The highest BCUT2D eigenvalue weighted by Crippen LogP contribution is 2.20. The number of carbonyl (C=O) groups excluding carboxylic acids is 3. The fourth-order valence-electron chi connectivity index (χ4n) is 2.72. The lowest BCUT2D eigenvalue weighted by Gasteiger charge is -2.07. The Morgan fingerprint density at radius 2 is 1.05 bits per heavy atom. The lowest BCUT2D eigenvalue weighted by atomic mass is 10.1. The number of alkyl halides is 6. The third kappa shape index (κ3) is 13.1. The number of para-hydroxylation sites is 1. The topological polar surface area (TPSA) is 78.9 Å². The number of hydrogen-bond acceptors (Lipinski definition) is 6. The van der Waals surface area contributed by atoms with E-state index in [2.05, 4.69) is 14.2 Å². The molecule has 0 atom stereocenters. The van der Waals surface area contributed by atoms with Gasteiger partial charge in [-0.3, -0.25) is 14.4 Å². The van der Waals surface area contributed by atoms with Gasteiger partial charge in [-0.1, -0.05) is 24.3 Å². The molecule has 0 aliphatic carbocycles. The maximum atomic E-state index is 11.8. The molecule has 0 fully saturated rings. The summed E-state index contributed by atoms with van der Waals surface area (Å²) in [5.74, 6) is -0.604. The number of halogens is 6. The van der Waals surface area contributed by atoms with Crippen molar-refractivity contribution in [3.8, 4) is 17.2 Å². The van der Waals surface area contributed by atoms with Crippen LogP contribution in [-0.2, 0) is 0 Å². The normalized spacial score (nSPS) is 10.2. The Kier molecular flexibility index (Phi) is 13.8. The van der Waals surface area contributed by atoms with Crippen molar-refractivity contribution in [3.63, 3.8) is 0 Å². The summed E-state index contributed by atoms with van der Waals surface area (Å²) in [4.78, 5) is 32.6. The zero-order valence-electron chi connectivity index (χ0n) is 20.9. The SMILES string of the molecule is CC(=O)c1ccc(OC(F)F)cc1.CC(=O)c1cccc(OC(F)F)c1.CC(=O)c1ccccc1OC(F)F. The second-order valence-corrected chi connectivity index (χ2v) is 7.35. The molecule has 0 aliphatic rings. The van der Waals surface area contributed by atoms with Crippen LogP contribution in [0.2, 0.25) is 0 Å². The Morgan fingerprint density at radius 3 is 1.54 bits per heavy atom. The van der Waals surface area contributed by atoms with E-state index in [-0.39, 0.29) is 40.2 Å². The van der Waals surface area contributed by atoms with Crippen LogP contribution in [0.4, 0.5) is 26.3 Å². The van der Waals surface area contributed by atoms with E-state index in [1.807, 2.05) is 0 Å². The Morgan fingerprint density at radius 1 is 0.538 bits per heavy atom. The summed E-state index contributed by atoms with van der Waals surface area (Å²) in [6.45, 7) is -4.52. The van der Waals surface area contributed by atoms with Gasteiger partial charge in [-0.25, -0.2) is 0 Å². The van der Waals surface area contributed by atoms with Crippen molar-refractivity contribution in [2.45, 2.75) is 40.6 Å². The summed E-state index contributed by atoms with van der Waals surface area (Å²) in [7, 11) is 0. The molecular weight excluding hydrogens is 534 g/mol. The van der Waals surface area contributed by atoms with Gasteiger partial charge in [0.1, 0.15) is 17.2 Å². The third-order valence-corrected chi connectivity index (χ3v) is 4.43. The molecule has 0 radical (unpaired) electrons. The van der Waals surface area contributed by atoms with Crippen molar-refractivity contribution in [1.29, 1.82) is 0 Å². The van der Waals surface area contributed by atoms with Crippen LogP contribution in [0.5, 0.6) is 17.2 Å². The van der Waals surface area contributed by atoms with E-state index in [0.29, 0.717) is 11.1 Å². The number of Topliss-reactive ketones (excluding diaryl/α,β-unsaturated/α-hetero) is 3. The van der Waals surface area contributed by atoms with Crippen LogP contribution in [0.3, 0.4) is 0 Å². The van der Waals surface area contributed by atoms with Gasteiger partial charge in [0, 0.05) is 11.1 Å². The van der Waals surface area contributed by atoms with Crippen LogP contribution in [0.25, 0.3) is 0 Å². The maximum Gasteiger partial charge on any atom is 0.387 e. The van der Waals surface area contributed by atoms with E-state index in [4.69, 9.17) is 0 Å². The summed E-state index contributed by atoms with van der Waals surface area (Å²) in [5.41, 5.74) is 1.00. The Labute approximate surface area is 220 Å². The van der Waals surface area contributed by atoms with E-state index in [0.717, 1.165) is 0 Å². The molecule has 0 saturated carbocycles. The van der Waals surface area contributed by atoms with Gasteiger partial charge in [-0.2, -0.15) is 26.3 Å². The van der Waals surface area contributed by atoms with Gasteiger partial charge in [0.05, 0.1) is 5.56 Å². The summed E-state index contributed by atoms with van der Waals surface area (Å²) >= 11 is 0. The zero-order chi connectivity index (χ0) is 29.5. The molecule has 0 amide bonds. The first-order chi connectivity index (χ1) is 18.3. The Bertz CT molecular complexity index is 1220. The molecule has 0 bridgehead atoms. The highest BCUT2D eigenvalue weighted by atomic mass is 19.3. The standard InChI is InChI=1S/3C9H8F2O2/c1-6(12)7-2-4-8(5-3-7)13-9(10)11;1-6(12)7-3-2-4-8(5-7)13-9(10)11;1-6(12)7-4-2-3-5-8(7)13-9(10)11/h3*2-5,9H,1H3. The molecule has 12 heteroatoms. The van der Waals surface area contributed by atoms with E-state index in [1.165, 1.54) is 81.4 Å². The predicted molar refractivity (Wildman–Crippen MR) is 129 cm³/mol. The van der Waals surface area contributed by atoms with Crippen molar-refractivity contribution in [2.75, 3.05) is 0 Å². The van der Waals surface area contributed by atoms with Crippen LogP contribution in [0, 0.1) is 0 Å². The third-order valence-electron chi connectivity index (χ3n) is 4.43. The monoisotopic (exact) mass is 558 g/mol. The van der Waals surface area contributed by atoms with Crippen LogP contribution in [0.15, 0.2) is 72.8 Å². The van der Waals surface area contributed by atoms with Crippen molar-refractivity contribution < 1.29 is 54.9 Å². The number of ether oxygens (including phenoxy) is 3. The van der Waals surface area contributed by atoms with Gasteiger partial charge < -0.3 is 14.2 Å². The molecule has 0 heterocycles. The van der Waals surface area contributed by atoms with Crippen LogP contribution < -0.4 is 14.2 Å². The first kappa shape index (κ1) is 32.7. The van der Waals surface area contributed by atoms with Crippen LogP contribution in [0.1, 0.15) is 51.8 Å². The molecule has 39 heavy (non-hydrogen) atoms. The molecule has 0 saturated heterocycles. The minimum Gasteiger partial charge on any atom is -0.435 e. The van der Waals surface area contributed by atoms with Gasteiger partial charge in [0.25, 0.3) is 0 Å². The zero-order valence-corrected chi connectivity index (χ0v) is 20.9. The summed E-state index contributed by atoms with van der Waals surface area (Å²) < 4.78 is 82.9. The maximum absolute atomic E-state index is 11.8. The number of benzene rings is 3. The first-order valence-corrected chi connectivity index (χ1v) is 11.0. The molecule has 0 aromatic heterocycles. The van der Waals surface area contributed by atoms with E-state index in [1.54, 1.807) is 12.1 Å². The fourth-order valence-corrected chi connectivity index (χ4v) is 2.72. The van der Waals surface area contributed by atoms with Gasteiger partial charge in [0.15, 0.2) is 17.3 Å². The van der Waals surface area contributed by atoms with Gasteiger partial charge in [0.2, 0.25) is 0 Å². The molecule has 3 aromatic carbocycles. The molecule has 3 rings (SSSR count). The number of rotatable bonds is 9. The van der Waals surface area contributed by atoms with Gasteiger partial charge in [-0.05, 0) is 69.3 Å². The number of carbonyl (C=O) groups is 3. The van der Waals surface area contributed by atoms with Crippen molar-refractivity contribution >= 4 is 17.3 Å². The van der Waals surface area contributed by atoms with E-state index < -0.39 is 19.8 Å². The summed E-state index contributed by atoms with van der Waals surface area (Å²) in [5, 5.41) is 0. The van der Waals surface area contributed by atoms with E-state index >= 15 is 0 Å². The Balaban J connectivity index is 0.000000292. The largest absolute Gasteiger partial charge is 0.435 e. The lowest BCUT2D eigenvalue weighted by molar-refractivity contribution is -0.0507. The van der Waals surface area contributed by atoms with Crippen molar-refractivity contribution in [1.82, 2.24) is 0 Å². The molecule has 3 aromatic rings. The fraction of sp³-hybridized carbons (Fsp3) is 0.222. The second-order valence-electron chi connectivity index (χ2n) is 7.35. The summed E-state index contributed by atoms with van der Waals surface area (Å²) in [6, 6.07) is 17.2. The minimum atomic E-state index is -2.90. The lowest BCUT2D eigenvalue weighted by Crippen LogP contribution is -2.06. The molecule has 0 spiro atoms. The second kappa shape index (κ2) is 16.5. The van der Waals surface area contributed by atoms with E-state index in [9.17, 15) is 40.7 Å². The smallest absolute Gasteiger partial charge is 0.387 e. The number of hydrogen-bond donors (Lipinski definition) is 0. The van der Waals surface area contributed by atoms with Gasteiger partial charge in [-0.15, -0.1) is 0 Å². The molecule has 0 aliphatic heterocycles. The Hall–Kier alpha value is -4.35. The van der Waals surface area contributed by atoms with Crippen LogP contribution in [-0.4, -0.2) is 37.2 Å². The van der Waals surface area contributed by atoms with Crippen molar-refractivity contribution in [3.05, 3.63) is 89.5 Å². The predicted octanol–water partition coefficient (Wildman–Crippen LogP) is 7.47. The number of ketones is 3. The molecule has 0 N–H and O–H groups in total. The highest BCUT2D eigenvalue weighted by Gasteiger charge is 2.11. The average molecular weight is 558 g/mol. The molecule has 0 unspecified atom stereocenters. The first-order valence-electron chi connectivity index (χ1n) is 11.0. The van der Waals surface area contributed by atoms with Crippen LogP contribution >= 0.6 is 0 Å². The molecular formula is C27H24F6O6. The minimum absolute atomic E-state index is 0.00250. The van der Waals surface area contributed by atoms with Gasteiger partial charge >= 0.3 is 19.8 Å². The molecule has 6 nitrogen and oxygen atoms in total. The average Bonchev–Trinajstić information content (AvgIpc) is 2.84. The highest BCUT2D eigenvalue weighted by molar-refractivity contribution is 5.96. The van der Waals surface area contributed by atoms with Crippen molar-refractivity contribution in [2.24, 2.45) is 0 Å².